The summed E-state index contributed by atoms with van der Waals surface area (Å²) in [5.41, 5.74) is 0. The molecule has 0 aliphatic carbocycles. The molecule has 0 bridgehead atoms. The zero-order valence-electron chi connectivity index (χ0n) is 10.4. The summed E-state index contributed by atoms with van der Waals surface area (Å²) >= 11 is 2.98. The molecule has 5 nitrogen and oxygen atoms in total. The monoisotopic (exact) mass is 299 g/mol. The van der Waals surface area contributed by atoms with E-state index in [2.05, 4.69) is 5.32 Å². The van der Waals surface area contributed by atoms with Crippen molar-refractivity contribution in [2.45, 2.75) is 13.0 Å². The predicted octanol–water partition coefficient (Wildman–Crippen LogP) is 2.10. The van der Waals surface area contributed by atoms with Crippen molar-refractivity contribution < 1.29 is 19.4 Å². The number of thiophene rings is 2. The summed E-state index contributed by atoms with van der Waals surface area (Å²) in [4.78, 5) is 24.6. The molecule has 1 unspecified atom stereocenters. The standard InChI is InChI=1S/C12H13NO4S2/c1-6-3-8-9(18-6)4-10(19-8)11(14)13-7(5-17-2)12(15)16/h3-4,7H,5H2,1-2H3,(H,13,14)(H,15,16). The van der Waals surface area contributed by atoms with Gasteiger partial charge < -0.3 is 15.2 Å². The van der Waals surface area contributed by atoms with Crippen LogP contribution in [0.15, 0.2) is 12.1 Å². The maximum absolute atomic E-state index is 12.0. The smallest absolute Gasteiger partial charge is 0.328 e. The van der Waals surface area contributed by atoms with Crippen molar-refractivity contribution in [2.75, 3.05) is 13.7 Å². The Morgan fingerprint density at radius 1 is 1.37 bits per heavy atom. The molecule has 2 rings (SSSR count). The Morgan fingerprint density at radius 3 is 2.63 bits per heavy atom. The highest BCUT2D eigenvalue weighted by atomic mass is 32.1. The topological polar surface area (TPSA) is 75.6 Å². The molecule has 2 heterocycles. The van der Waals surface area contributed by atoms with Gasteiger partial charge in [0.15, 0.2) is 6.04 Å². The van der Waals surface area contributed by atoms with Crippen LogP contribution >= 0.6 is 22.7 Å². The maximum atomic E-state index is 12.0. The number of hydrogen-bond acceptors (Lipinski definition) is 5. The van der Waals surface area contributed by atoms with Crippen LogP contribution in [0.2, 0.25) is 0 Å². The lowest BCUT2D eigenvalue weighted by atomic mass is 10.3. The third-order valence-electron chi connectivity index (χ3n) is 2.49. The van der Waals surface area contributed by atoms with E-state index in [9.17, 15) is 9.59 Å². The molecule has 2 aromatic heterocycles. The average Bonchev–Trinajstić information content (AvgIpc) is 2.85. The quantitative estimate of drug-likeness (QED) is 0.886. The zero-order chi connectivity index (χ0) is 14.0. The molecule has 19 heavy (non-hydrogen) atoms. The van der Waals surface area contributed by atoms with Crippen molar-refractivity contribution in [3.05, 3.63) is 21.9 Å². The number of methoxy groups -OCH3 is 1. The van der Waals surface area contributed by atoms with Crippen LogP contribution in [0.4, 0.5) is 0 Å². The number of nitrogens with one attached hydrogen (secondary N) is 1. The van der Waals surface area contributed by atoms with Gasteiger partial charge in [0.2, 0.25) is 0 Å². The van der Waals surface area contributed by atoms with Crippen LogP contribution in [0.5, 0.6) is 0 Å². The predicted molar refractivity (Wildman–Crippen MR) is 75.2 cm³/mol. The summed E-state index contributed by atoms with van der Waals surface area (Å²) in [6, 6.07) is 2.78. The molecule has 0 aliphatic heterocycles. The van der Waals surface area contributed by atoms with Gasteiger partial charge in [-0.2, -0.15) is 0 Å². The molecule has 0 aliphatic rings. The van der Waals surface area contributed by atoms with E-state index >= 15 is 0 Å². The van der Waals surface area contributed by atoms with Crippen molar-refractivity contribution in [1.82, 2.24) is 5.32 Å². The van der Waals surface area contributed by atoms with Crippen LogP contribution in [0.25, 0.3) is 9.40 Å². The Hall–Kier alpha value is -1.44. The summed E-state index contributed by atoms with van der Waals surface area (Å²) in [7, 11) is 1.39. The Kier molecular flexibility index (Phi) is 4.18. The minimum atomic E-state index is -1.11. The van der Waals surface area contributed by atoms with Gasteiger partial charge in [0.05, 0.1) is 11.5 Å². The molecule has 0 aromatic carbocycles. The van der Waals surface area contributed by atoms with E-state index in [4.69, 9.17) is 9.84 Å². The summed E-state index contributed by atoms with van der Waals surface area (Å²) in [6.07, 6.45) is 0. The Balaban J connectivity index is 2.14. The second-order valence-electron chi connectivity index (χ2n) is 4.02. The average molecular weight is 299 g/mol. The first-order chi connectivity index (χ1) is 9.01. The lowest BCUT2D eigenvalue weighted by molar-refractivity contribution is -0.140. The van der Waals surface area contributed by atoms with Crippen LogP contribution in [-0.4, -0.2) is 36.7 Å². The van der Waals surface area contributed by atoms with Crippen LogP contribution in [-0.2, 0) is 9.53 Å². The van der Waals surface area contributed by atoms with Crippen LogP contribution < -0.4 is 5.32 Å². The highest BCUT2D eigenvalue weighted by Crippen LogP contribution is 2.32. The molecule has 102 valence electrons. The lowest BCUT2D eigenvalue weighted by Crippen LogP contribution is -2.43. The first-order valence-corrected chi connectivity index (χ1v) is 7.17. The molecular formula is C12H13NO4S2. The highest BCUT2D eigenvalue weighted by molar-refractivity contribution is 7.28. The van der Waals surface area contributed by atoms with Crippen molar-refractivity contribution in [2.24, 2.45) is 0 Å². The van der Waals surface area contributed by atoms with Crippen molar-refractivity contribution in [1.29, 1.82) is 0 Å². The minimum Gasteiger partial charge on any atom is -0.480 e. The summed E-state index contributed by atoms with van der Waals surface area (Å²) in [5, 5.41) is 11.4. The zero-order valence-corrected chi connectivity index (χ0v) is 12.1. The number of fused-ring (bicyclic) bond motifs is 1. The number of carboxylic acid groups (broad SMARTS) is 1. The Bertz CT molecular complexity index is 585. The minimum absolute atomic E-state index is 0.0556. The largest absolute Gasteiger partial charge is 0.480 e. The van der Waals surface area contributed by atoms with Gasteiger partial charge in [-0.1, -0.05) is 0 Å². The fraction of sp³-hybridized carbons (Fsp3) is 0.333. The number of ether oxygens (including phenoxy) is 1. The number of amides is 1. The number of aryl methyl sites for hydroxylation is 1. The van der Waals surface area contributed by atoms with E-state index in [-0.39, 0.29) is 12.5 Å². The van der Waals surface area contributed by atoms with Gasteiger partial charge in [-0.15, -0.1) is 22.7 Å². The second-order valence-corrected chi connectivity index (χ2v) is 6.39. The number of carbonyl (C=O) groups excluding carboxylic acids is 1. The molecule has 0 spiro atoms. The second kappa shape index (κ2) is 5.68. The summed E-state index contributed by atoms with van der Waals surface area (Å²) < 4.78 is 6.87. The van der Waals surface area contributed by atoms with E-state index in [0.717, 1.165) is 9.40 Å². The molecule has 7 heteroatoms. The molecule has 0 fully saturated rings. The first kappa shape index (κ1) is 14.0. The van der Waals surface area contributed by atoms with Crippen molar-refractivity contribution in [3.8, 4) is 0 Å². The molecule has 0 saturated heterocycles. The van der Waals surface area contributed by atoms with Crippen LogP contribution in [0.1, 0.15) is 14.5 Å². The molecule has 1 amide bonds. The van der Waals surface area contributed by atoms with Gasteiger partial charge in [0.25, 0.3) is 5.91 Å². The third kappa shape index (κ3) is 3.12. The van der Waals surface area contributed by atoms with Crippen LogP contribution in [0, 0.1) is 6.92 Å². The molecule has 0 saturated carbocycles. The summed E-state index contributed by atoms with van der Waals surface area (Å²) in [6.45, 7) is 1.95. The molecule has 0 radical (unpaired) electrons. The van der Waals surface area contributed by atoms with Gasteiger partial charge in [-0.3, -0.25) is 4.79 Å². The van der Waals surface area contributed by atoms with Gasteiger partial charge in [-0.25, -0.2) is 4.79 Å². The van der Waals surface area contributed by atoms with E-state index in [0.29, 0.717) is 4.88 Å². The SMILES string of the molecule is COCC(NC(=O)c1cc2sc(C)cc2s1)C(=O)O. The van der Waals surface area contributed by atoms with Gasteiger partial charge in [0, 0.05) is 21.4 Å². The Morgan fingerprint density at radius 2 is 2.05 bits per heavy atom. The summed E-state index contributed by atoms with van der Waals surface area (Å²) in [5.74, 6) is -1.49. The molecular weight excluding hydrogens is 286 g/mol. The van der Waals surface area contributed by atoms with Gasteiger partial charge >= 0.3 is 5.97 Å². The lowest BCUT2D eigenvalue weighted by Gasteiger charge is -2.12. The van der Waals surface area contributed by atoms with Crippen molar-refractivity contribution >= 4 is 43.9 Å². The number of hydrogen-bond donors (Lipinski definition) is 2. The number of aliphatic carboxylic acids is 1. The van der Waals surface area contributed by atoms with Crippen LogP contribution in [0.3, 0.4) is 0 Å². The maximum Gasteiger partial charge on any atom is 0.328 e. The normalized spacial score (nSPS) is 12.5. The van der Waals surface area contributed by atoms with Crippen molar-refractivity contribution in [3.63, 3.8) is 0 Å². The Labute approximate surface area is 117 Å². The number of rotatable bonds is 5. The van der Waals surface area contributed by atoms with E-state index in [1.54, 1.807) is 17.4 Å². The fourth-order valence-electron chi connectivity index (χ4n) is 1.64. The first-order valence-electron chi connectivity index (χ1n) is 5.54. The highest BCUT2D eigenvalue weighted by Gasteiger charge is 2.21. The molecule has 2 N–H and O–H groups in total. The van der Waals surface area contributed by atoms with E-state index in [1.165, 1.54) is 23.3 Å². The van der Waals surface area contributed by atoms with E-state index < -0.39 is 12.0 Å². The third-order valence-corrected chi connectivity index (χ3v) is 4.70. The molecule has 2 aromatic rings. The number of carbonyl (C=O) groups is 2. The molecule has 1 atom stereocenters. The van der Waals surface area contributed by atoms with Gasteiger partial charge in [-0.05, 0) is 19.1 Å². The van der Waals surface area contributed by atoms with E-state index in [1.807, 2.05) is 13.0 Å². The fourth-order valence-corrected chi connectivity index (χ4v) is 3.86. The number of carboxylic acids is 1. The van der Waals surface area contributed by atoms with Gasteiger partial charge in [0.1, 0.15) is 0 Å².